The van der Waals surface area contributed by atoms with E-state index >= 15 is 0 Å². The lowest BCUT2D eigenvalue weighted by Crippen LogP contribution is -2.51. The van der Waals surface area contributed by atoms with E-state index in [1.54, 1.807) is 24.3 Å². The number of hydrogen-bond acceptors (Lipinski definition) is 7. The molecule has 1 atom stereocenters. The van der Waals surface area contributed by atoms with Crippen molar-refractivity contribution in [3.05, 3.63) is 83.4 Å². The van der Waals surface area contributed by atoms with Gasteiger partial charge in [-0.1, -0.05) is 54.1 Å². The molecule has 0 unspecified atom stereocenters. The van der Waals surface area contributed by atoms with Gasteiger partial charge in [0.2, 0.25) is 10.0 Å². The van der Waals surface area contributed by atoms with Crippen LogP contribution < -0.4 is 19.7 Å². The molecule has 2 aliphatic heterocycles. The highest BCUT2D eigenvalue weighted by Gasteiger charge is 2.34. The standard InChI is InChI=1S/C28H28ClN3O7S/c29-22-16-21(40(35,36)31-12-14-37-15-13-31)10-11-24(22)38-19-27(33)32-18-26(39-25-9-5-4-8-23(25)32)28(34)30-17-20-6-2-1-3-7-20/h1-11,16,26H,12-15,17-19H2,(H,30,34)/t26-/m0/s1. The number of nitrogens with zero attached hydrogens (tertiary/aromatic N) is 2. The average molecular weight is 586 g/mol. The fourth-order valence-corrected chi connectivity index (χ4v) is 6.15. The maximum atomic E-state index is 13.3. The maximum absolute atomic E-state index is 13.3. The topological polar surface area (TPSA) is 114 Å². The lowest BCUT2D eigenvalue weighted by molar-refractivity contribution is -0.128. The Morgan fingerprint density at radius 2 is 1.73 bits per heavy atom. The highest BCUT2D eigenvalue weighted by atomic mass is 35.5. The summed E-state index contributed by atoms with van der Waals surface area (Å²) >= 11 is 6.34. The van der Waals surface area contributed by atoms with E-state index in [2.05, 4.69) is 5.32 Å². The van der Waals surface area contributed by atoms with Gasteiger partial charge in [-0.3, -0.25) is 9.59 Å². The number of carbonyl (C=O) groups excluding carboxylic acids is 2. The number of para-hydroxylation sites is 2. The summed E-state index contributed by atoms with van der Waals surface area (Å²) in [6.45, 7) is 1.12. The van der Waals surface area contributed by atoms with Gasteiger partial charge in [-0.05, 0) is 35.9 Å². The van der Waals surface area contributed by atoms with E-state index in [9.17, 15) is 18.0 Å². The molecule has 5 rings (SSSR count). The molecule has 0 bridgehead atoms. The van der Waals surface area contributed by atoms with Crippen LogP contribution >= 0.6 is 11.6 Å². The minimum Gasteiger partial charge on any atom is -0.482 e. The van der Waals surface area contributed by atoms with Crippen molar-refractivity contribution in [3.8, 4) is 11.5 Å². The first kappa shape index (κ1) is 27.9. The van der Waals surface area contributed by atoms with Gasteiger partial charge in [0.25, 0.3) is 11.8 Å². The van der Waals surface area contributed by atoms with Crippen molar-refractivity contribution in [2.45, 2.75) is 17.5 Å². The zero-order valence-electron chi connectivity index (χ0n) is 21.5. The number of morpholine rings is 1. The number of halogens is 1. The van der Waals surface area contributed by atoms with Gasteiger partial charge in [-0.15, -0.1) is 0 Å². The lowest BCUT2D eigenvalue weighted by Gasteiger charge is -2.34. The van der Waals surface area contributed by atoms with Crippen LogP contribution in [0.1, 0.15) is 5.56 Å². The van der Waals surface area contributed by atoms with Crippen molar-refractivity contribution in [1.29, 1.82) is 0 Å². The summed E-state index contributed by atoms with van der Waals surface area (Å²) in [7, 11) is -3.73. The Balaban J connectivity index is 1.25. The molecule has 210 valence electrons. The summed E-state index contributed by atoms with van der Waals surface area (Å²) in [6.07, 6.45) is -0.921. The second-order valence-electron chi connectivity index (χ2n) is 9.18. The van der Waals surface area contributed by atoms with Gasteiger partial charge in [-0.2, -0.15) is 4.31 Å². The minimum absolute atomic E-state index is 0.00963. The highest BCUT2D eigenvalue weighted by molar-refractivity contribution is 7.89. The molecule has 1 fully saturated rings. The van der Waals surface area contributed by atoms with Crippen molar-refractivity contribution in [3.63, 3.8) is 0 Å². The summed E-state index contributed by atoms with van der Waals surface area (Å²) in [4.78, 5) is 27.7. The van der Waals surface area contributed by atoms with Gasteiger partial charge < -0.3 is 24.4 Å². The van der Waals surface area contributed by atoms with Crippen LogP contribution in [0.4, 0.5) is 5.69 Å². The van der Waals surface area contributed by atoms with E-state index in [0.717, 1.165) is 5.56 Å². The van der Waals surface area contributed by atoms with Crippen LogP contribution in [-0.4, -0.2) is 70.1 Å². The Labute approximate surface area is 237 Å². The molecule has 0 aliphatic carbocycles. The molecule has 0 radical (unpaired) electrons. The third-order valence-electron chi connectivity index (χ3n) is 6.54. The van der Waals surface area contributed by atoms with Crippen molar-refractivity contribution < 1.29 is 32.2 Å². The fraction of sp³-hybridized carbons (Fsp3) is 0.286. The number of fused-ring (bicyclic) bond motifs is 1. The molecule has 0 saturated carbocycles. The van der Waals surface area contributed by atoms with Crippen LogP contribution in [0.2, 0.25) is 5.02 Å². The Morgan fingerprint density at radius 3 is 2.48 bits per heavy atom. The van der Waals surface area contributed by atoms with Gasteiger partial charge in [0.15, 0.2) is 12.7 Å². The molecule has 10 nitrogen and oxygen atoms in total. The Hall–Kier alpha value is -3.64. The maximum Gasteiger partial charge on any atom is 0.265 e. The summed E-state index contributed by atoms with van der Waals surface area (Å²) in [5, 5.41) is 2.91. The average Bonchev–Trinajstić information content (AvgIpc) is 2.99. The Morgan fingerprint density at radius 1 is 1.00 bits per heavy atom. The van der Waals surface area contributed by atoms with E-state index in [1.165, 1.54) is 27.4 Å². The molecule has 40 heavy (non-hydrogen) atoms. The van der Waals surface area contributed by atoms with Crippen LogP contribution in [0, 0.1) is 0 Å². The van der Waals surface area contributed by atoms with E-state index in [4.69, 9.17) is 25.8 Å². The van der Waals surface area contributed by atoms with Gasteiger partial charge in [0, 0.05) is 19.6 Å². The van der Waals surface area contributed by atoms with E-state index in [-0.39, 0.29) is 47.8 Å². The Bertz CT molecular complexity index is 1480. The van der Waals surface area contributed by atoms with Crippen molar-refractivity contribution >= 4 is 39.1 Å². The van der Waals surface area contributed by atoms with Crippen LogP contribution in [0.5, 0.6) is 11.5 Å². The molecular weight excluding hydrogens is 558 g/mol. The van der Waals surface area contributed by atoms with Crippen LogP contribution in [0.25, 0.3) is 0 Å². The predicted molar refractivity (Wildman–Crippen MR) is 148 cm³/mol. The molecule has 3 aromatic carbocycles. The van der Waals surface area contributed by atoms with Gasteiger partial charge in [-0.25, -0.2) is 8.42 Å². The molecule has 0 spiro atoms. The van der Waals surface area contributed by atoms with E-state index < -0.39 is 22.0 Å². The molecule has 2 heterocycles. The summed E-state index contributed by atoms with van der Waals surface area (Å²) in [5.41, 5.74) is 1.45. The van der Waals surface area contributed by atoms with Gasteiger partial charge in [0.1, 0.15) is 11.5 Å². The molecule has 2 amide bonds. The minimum atomic E-state index is -3.73. The fourth-order valence-electron chi connectivity index (χ4n) is 4.42. The number of sulfonamides is 1. The monoisotopic (exact) mass is 585 g/mol. The summed E-state index contributed by atoms with van der Waals surface area (Å²) in [6, 6.07) is 20.6. The third-order valence-corrected chi connectivity index (χ3v) is 8.73. The number of hydrogen-bond donors (Lipinski definition) is 1. The second kappa shape index (κ2) is 12.3. The summed E-state index contributed by atoms with van der Waals surface area (Å²) in [5.74, 6) is -0.206. The van der Waals surface area contributed by atoms with E-state index in [0.29, 0.717) is 31.2 Å². The van der Waals surface area contributed by atoms with Crippen molar-refractivity contribution in [2.75, 3.05) is 44.4 Å². The molecular formula is C28H28ClN3O7S. The van der Waals surface area contributed by atoms with Gasteiger partial charge in [0.05, 0.1) is 35.4 Å². The zero-order valence-corrected chi connectivity index (χ0v) is 23.1. The number of rotatable bonds is 8. The largest absolute Gasteiger partial charge is 0.482 e. The molecule has 3 aromatic rings. The van der Waals surface area contributed by atoms with Crippen LogP contribution in [0.3, 0.4) is 0 Å². The molecule has 1 saturated heterocycles. The lowest BCUT2D eigenvalue weighted by atomic mass is 10.1. The van der Waals surface area contributed by atoms with Crippen LogP contribution in [-0.2, 0) is 30.9 Å². The zero-order chi connectivity index (χ0) is 28.1. The SMILES string of the molecule is O=C(NCc1ccccc1)[C@@H]1CN(C(=O)COc2ccc(S(=O)(=O)N3CCOCC3)cc2Cl)c2ccccc2O1. The number of nitrogens with one attached hydrogen (secondary N) is 1. The molecule has 1 N–H and O–H groups in total. The van der Waals surface area contributed by atoms with Crippen molar-refractivity contribution in [1.82, 2.24) is 9.62 Å². The first-order chi connectivity index (χ1) is 19.3. The first-order valence-corrected chi connectivity index (χ1v) is 14.5. The number of amides is 2. The van der Waals surface area contributed by atoms with Gasteiger partial charge >= 0.3 is 0 Å². The number of ether oxygens (including phenoxy) is 3. The third kappa shape index (κ3) is 6.23. The molecule has 0 aromatic heterocycles. The Kier molecular flexibility index (Phi) is 8.55. The smallest absolute Gasteiger partial charge is 0.265 e. The van der Waals surface area contributed by atoms with Crippen LogP contribution in [0.15, 0.2) is 77.7 Å². The summed E-state index contributed by atoms with van der Waals surface area (Å²) < 4.78 is 44.0. The normalized spacial score (nSPS) is 17.4. The quantitative estimate of drug-likeness (QED) is 0.432. The molecule has 12 heteroatoms. The van der Waals surface area contributed by atoms with E-state index in [1.807, 2.05) is 30.3 Å². The highest BCUT2D eigenvalue weighted by Crippen LogP contribution is 2.34. The molecule has 2 aliphatic rings. The number of carbonyl (C=O) groups is 2. The number of anilines is 1. The second-order valence-corrected chi connectivity index (χ2v) is 11.5. The number of benzene rings is 3. The van der Waals surface area contributed by atoms with Crippen molar-refractivity contribution in [2.24, 2.45) is 0 Å². The first-order valence-electron chi connectivity index (χ1n) is 12.7. The predicted octanol–water partition coefficient (Wildman–Crippen LogP) is 2.85.